The number of nitrogens with two attached hydrogens (primary N) is 1. The molecular weight excluding hydrogens is 260 g/mol. The number of carboxylic acid groups (broad SMARTS) is 1. The minimum atomic E-state index is -1.03. The highest BCUT2D eigenvalue weighted by atomic mass is 16.7. The molecule has 1 aliphatic heterocycles. The van der Waals surface area contributed by atoms with Gasteiger partial charge in [-0.15, -0.1) is 0 Å². The first-order chi connectivity index (χ1) is 9.51. The number of amides is 1. The van der Waals surface area contributed by atoms with Gasteiger partial charge in [0.1, 0.15) is 5.75 Å². The minimum Gasteiger partial charge on any atom is -0.468 e. The van der Waals surface area contributed by atoms with Crippen LogP contribution in [0.4, 0.5) is 10.5 Å². The lowest BCUT2D eigenvalue weighted by molar-refractivity contribution is 0.0510. The number of ether oxygens (including phenoxy) is 2. The lowest BCUT2D eigenvalue weighted by Gasteiger charge is -2.43. The van der Waals surface area contributed by atoms with E-state index in [0.717, 1.165) is 12.0 Å². The summed E-state index contributed by atoms with van der Waals surface area (Å²) in [5.41, 5.74) is 6.95. The highest BCUT2D eigenvalue weighted by molar-refractivity contribution is 5.89. The summed E-state index contributed by atoms with van der Waals surface area (Å²) in [6.07, 6.45) is 0.867. The summed E-state index contributed by atoms with van der Waals surface area (Å²) in [5, 5.41) is 9.46. The Bertz CT molecular complexity index is 506. The van der Waals surface area contributed by atoms with Gasteiger partial charge in [0, 0.05) is 7.11 Å². The van der Waals surface area contributed by atoms with E-state index in [9.17, 15) is 9.90 Å². The lowest BCUT2D eigenvalue weighted by atomic mass is 9.89. The lowest BCUT2D eigenvalue weighted by Crippen LogP contribution is -2.60. The molecule has 3 N–H and O–H groups in total. The predicted octanol–water partition coefficient (Wildman–Crippen LogP) is 2.16. The Morgan fingerprint density at radius 1 is 1.55 bits per heavy atom. The van der Waals surface area contributed by atoms with Crippen LogP contribution in [0.25, 0.3) is 0 Å². The number of aryl methyl sites for hydroxylation is 1. The summed E-state index contributed by atoms with van der Waals surface area (Å²) in [5.74, 6) is 0.664. The number of methoxy groups -OCH3 is 1. The molecule has 1 aromatic carbocycles. The topological polar surface area (TPSA) is 85.0 Å². The van der Waals surface area contributed by atoms with E-state index in [4.69, 9.17) is 15.2 Å². The third kappa shape index (κ3) is 2.57. The third-order valence-corrected chi connectivity index (χ3v) is 3.71. The van der Waals surface area contributed by atoms with E-state index >= 15 is 0 Å². The van der Waals surface area contributed by atoms with E-state index in [1.165, 1.54) is 4.90 Å². The van der Waals surface area contributed by atoms with Crippen molar-refractivity contribution < 1.29 is 19.4 Å². The monoisotopic (exact) mass is 280 g/mol. The number of hydrogen-bond donors (Lipinski definition) is 2. The predicted molar refractivity (Wildman–Crippen MR) is 75.0 cm³/mol. The number of anilines is 1. The number of rotatable bonds is 4. The third-order valence-electron chi connectivity index (χ3n) is 3.71. The first-order valence-electron chi connectivity index (χ1n) is 6.58. The van der Waals surface area contributed by atoms with Gasteiger partial charge in [-0.25, -0.2) is 4.79 Å². The Kier molecular flexibility index (Phi) is 4.15. The Labute approximate surface area is 118 Å². The number of carbonyl (C=O) groups is 1. The molecule has 0 radical (unpaired) electrons. The molecule has 110 valence electrons. The van der Waals surface area contributed by atoms with Crippen molar-refractivity contribution in [3.8, 4) is 5.75 Å². The highest BCUT2D eigenvalue weighted by Crippen LogP contribution is 2.37. The van der Waals surface area contributed by atoms with Crippen molar-refractivity contribution in [2.45, 2.75) is 31.8 Å². The number of nitrogens with zero attached hydrogens (tertiary/aromatic N) is 1. The van der Waals surface area contributed by atoms with E-state index in [1.807, 2.05) is 13.0 Å². The second kappa shape index (κ2) is 5.68. The summed E-state index contributed by atoms with van der Waals surface area (Å²) >= 11 is 0. The zero-order chi connectivity index (χ0) is 14.8. The first-order valence-corrected chi connectivity index (χ1v) is 6.58. The number of benzene rings is 1. The van der Waals surface area contributed by atoms with Gasteiger partial charge < -0.3 is 20.3 Å². The van der Waals surface area contributed by atoms with Crippen molar-refractivity contribution in [2.24, 2.45) is 5.73 Å². The quantitative estimate of drug-likeness (QED) is 0.826. The SMILES string of the molecule is CCC1(N)CCc2cc(OCOC)ccc2N1C(=O)O. The molecule has 0 aliphatic carbocycles. The van der Waals surface area contributed by atoms with Crippen molar-refractivity contribution in [3.05, 3.63) is 23.8 Å². The second-order valence-corrected chi connectivity index (χ2v) is 4.92. The average Bonchev–Trinajstić information content (AvgIpc) is 2.44. The van der Waals surface area contributed by atoms with Crippen LogP contribution in [-0.4, -0.2) is 30.8 Å². The molecule has 1 aromatic rings. The standard InChI is InChI=1S/C14H20N2O4/c1-3-14(15)7-6-10-8-11(20-9-19-2)4-5-12(10)16(14)13(17)18/h4-5,8H,3,6-7,9,15H2,1-2H3,(H,17,18). The normalized spacial score (nSPS) is 21.4. The van der Waals surface area contributed by atoms with Crippen LogP contribution in [0.1, 0.15) is 25.3 Å². The van der Waals surface area contributed by atoms with Gasteiger partial charge in [0.2, 0.25) is 0 Å². The van der Waals surface area contributed by atoms with E-state index in [0.29, 0.717) is 24.3 Å². The fourth-order valence-corrected chi connectivity index (χ4v) is 2.53. The largest absolute Gasteiger partial charge is 0.468 e. The van der Waals surface area contributed by atoms with Gasteiger partial charge in [-0.2, -0.15) is 0 Å². The molecule has 0 saturated heterocycles. The Balaban J connectivity index is 2.36. The average molecular weight is 280 g/mol. The molecular formula is C14H20N2O4. The molecule has 1 aliphatic rings. The van der Waals surface area contributed by atoms with E-state index in [-0.39, 0.29) is 6.79 Å². The summed E-state index contributed by atoms with van der Waals surface area (Å²) in [7, 11) is 1.55. The van der Waals surface area contributed by atoms with Crippen LogP contribution >= 0.6 is 0 Å². The van der Waals surface area contributed by atoms with E-state index in [2.05, 4.69) is 0 Å². The zero-order valence-electron chi connectivity index (χ0n) is 11.8. The smallest absolute Gasteiger partial charge is 0.413 e. The van der Waals surface area contributed by atoms with Crippen LogP contribution in [0.2, 0.25) is 0 Å². The Morgan fingerprint density at radius 2 is 2.30 bits per heavy atom. The van der Waals surface area contributed by atoms with E-state index < -0.39 is 11.8 Å². The molecule has 0 aromatic heterocycles. The van der Waals surface area contributed by atoms with Gasteiger partial charge in [-0.05, 0) is 43.0 Å². The van der Waals surface area contributed by atoms with Gasteiger partial charge in [0.25, 0.3) is 0 Å². The van der Waals surface area contributed by atoms with Crippen molar-refractivity contribution >= 4 is 11.8 Å². The fraction of sp³-hybridized carbons (Fsp3) is 0.500. The summed E-state index contributed by atoms with van der Waals surface area (Å²) in [6.45, 7) is 2.06. The molecule has 2 rings (SSSR count). The van der Waals surface area contributed by atoms with Crippen molar-refractivity contribution in [1.29, 1.82) is 0 Å². The molecule has 0 bridgehead atoms. The number of fused-ring (bicyclic) bond motifs is 1. The van der Waals surface area contributed by atoms with Crippen LogP contribution in [-0.2, 0) is 11.2 Å². The van der Waals surface area contributed by atoms with Crippen molar-refractivity contribution in [3.63, 3.8) is 0 Å². The fourth-order valence-electron chi connectivity index (χ4n) is 2.53. The van der Waals surface area contributed by atoms with Crippen LogP contribution < -0.4 is 15.4 Å². The maximum Gasteiger partial charge on any atom is 0.413 e. The molecule has 1 amide bonds. The molecule has 6 heteroatoms. The van der Waals surface area contributed by atoms with Crippen LogP contribution in [0, 0.1) is 0 Å². The minimum absolute atomic E-state index is 0.164. The van der Waals surface area contributed by atoms with E-state index in [1.54, 1.807) is 19.2 Å². The van der Waals surface area contributed by atoms with Crippen LogP contribution in [0.5, 0.6) is 5.75 Å². The van der Waals surface area contributed by atoms with Gasteiger partial charge in [0.05, 0.1) is 11.4 Å². The van der Waals surface area contributed by atoms with Gasteiger partial charge in [-0.1, -0.05) is 6.92 Å². The Hall–Kier alpha value is -1.79. The van der Waals surface area contributed by atoms with Crippen LogP contribution in [0.15, 0.2) is 18.2 Å². The van der Waals surface area contributed by atoms with Gasteiger partial charge >= 0.3 is 6.09 Å². The molecule has 0 fully saturated rings. The summed E-state index contributed by atoms with van der Waals surface area (Å²) in [6, 6.07) is 5.32. The summed E-state index contributed by atoms with van der Waals surface area (Å²) < 4.78 is 10.2. The molecule has 0 saturated carbocycles. The zero-order valence-corrected chi connectivity index (χ0v) is 11.8. The van der Waals surface area contributed by atoms with Crippen molar-refractivity contribution in [2.75, 3.05) is 18.8 Å². The first kappa shape index (κ1) is 14.6. The summed E-state index contributed by atoms with van der Waals surface area (Å²) in [4.78, 5) is 12.8. The second-order valence-electron chi connectivity index (χ2n) is 4.92. The molecule has 20 heavy (non-hydrogen) atoms. The maximum atomic E-state index is 11.5. The molecule has 0 spiro atoms. The van der Waals surface area contributed by atoms with Crippen LogP contribution in [0.3, 0.4) is 0 Å². The molecule has 1 atom stereocenters. The highest BCUT2D eigenvalue weighted by Gasteiger charge is 2.40. The molecule has 1 heterocycles. The molecule has 6 nitrogen and oxygen atoms in total. The molecule has 1 unspecified atom stereocenters. The van der Waals surface area contributed by atoms with Gasteiger partial charge in [0.15, 0.2) is 6.79 Å². The van der Waals surface area contributed by atoms with Gasteiger partial charge in [-0.3, -0.25) is 4.90 Å². The maximum absolute atomic E-state index is 11.5. The van der Waals surface area contributed by atoms with Crippen molar-refractivity contribution in [1.82, 2.24) is 0 Å². The number of hydrogen-bond acceptors (Lipinski definition) is 4. The Morgan fingerprint density at radius 3 is 2.90 bits per heavy atom.